The molecule has 2 aromatic carbocycles. The van der Waals surface area contributed by atoms with Crippen molar-refractivity contribution in [2.75, 3.05) is 55.3 Å². The lowest BCUT2D eigenvalue weighted by atomic mass is 9.98. The Labute approximate surface area is 339 Å². The van der Waals surface area contributed by atoms with Crippen molar-refractivity contribution >= 4 is 46.7 Å². The van der Waals surface area contributed by atoms with Crippen LogP contribution in [0, 0.1) is 0 Å². The third-order valence-corrected chi connectivity index (χ3v) is 11.6. The fourth-order valence-corrected chi connectivity index (χ4v) is 8.06. The first kappa shape index (κ1) is 40.6. The van der Waals surface area contributed by atoms with Crippen LogP contribution >= 0.6 is 0 Å². The summed E-state index contributed by atoms with van der Waals surface area (Å²) in [5.41, 5.74) is 6.44. The number of benzene rings is 2. The van der Waals surface area contributed by atoms with E-state index in [1.807, 2.05) is 65.0 Å². The van der Waals surface area contributed by atoms with Gasteiger partial charge < -0.3 is 30.9 Å². The number of urea groups is 1. The van der Waals surface area contributed by atoms with Crippen LogP contribution in [-0.2, 0) is 29.1 Å². The van der Waals surface area contributed by atoms with Gasteiger partial charge in [-0.3, -0.25) is 24.6 Å². The summed E-state index contributed by atoms with van der Waals surface area (Å²) in [5, 5.41) is 26.6. The molecule has 2 atom stereocenters. The number of aromatic nitrogens is 3. The standard InChI is InChI=1S/C43H56N10O5/c1-4-31(27-54)46-37-23-38(53-40(48-37)34(25-45-53)28(2)3)44-24-29-12-14-32(15-13-29)47-43(58)51-21-19-50(20-22-51)18-7-5-6-9-30-10-8-11-33-35(30)26-52(42(33)57)36-16-17-39(55)49-41(36)56/h8,10-15,23,25,28,31,36,44,54H,4-7,9,16-22,24,26-27H2,1-3H3,(H,46,48)(H,47,58)(H,49,55,56). The van der Waals surface area contributed by atoms with Crippen LogP contribution in [0.5, 0.6) is 0 Å². The summed E-state index contributed by atoms with van der Waals surface area (Å²) < 4.78 is 1.82. The fourth-order valence-electron chi connectivity index (χ4n) is 8.06. The molecule has 308 valence electrons. The molecule has 5 heterocycles. The van der Waals surface area contributed by atoms with E-state index in [0.717, 1.165) is 91.1 Å². The lowest BCUT2D eigenvalue weighted by molar-refractivity contribution is -0.136. The number of piperazine rings is 1. The number of piperidine rings is 1. The van der Waals surface area contributed by atoms with E-state index in [9.17, 15) is 24.3 Å². The molecule has 3 aliphatic heterocycles. The van der Waals surface area contributed by atoms with Crippen molar-refractivity contribution in [1.82, 2.24) is 34.6 Å². The van der Waals surface area contributed by atoms with Gasteiger partial charge in [-0.1, -0.05) is 51.5 Å². The second-order valence-electron chi connectivity index (χ2n) is 15.9. The van der Waals surface area contributed by atoms with E-state index in [1.54, 1.807) is 4.90 Å². The molecule has 0 radical (unpaired) electrons. The highest BCUT2D eigenvalue weighted by Gasteiger charge is 2.39. The summed E-state index contributed by atoms with van der Waals surface area (Å²) in [4.78, 5) is 61.1. The van der Waals surface area contributed by atoms with Gasteiger partial charge in [0.1, 0.15) is 17.7 Å². The molecule has 0 bridgehead atoms. The molecule has 7 rings (SSSR count). The minimum atomic E-state index is -0.601. The number of hydrogen-bond acceptors (Lipinski definition) is 10. The molecule has 2 saturated heterocycles. The van der Waals surface area contributed by atoms with E-state index >= 15 is 0 Å². The number of hydrogen-bond donors (Lipinski definition) is 5. The molecular formula is C43H56N10O5. The number of imide groups is 1. The number of fused-ring (bicyclic) bond motifs is 2. The zero-order valence-corrected chi connectivity index (χ0v) is 33.8. The van der Waals surface area contributed by atoms with Gasteiger partial charge in [0.05, 0.1) is 18.8 Å². The summed E-state index contributed by atoms with van der Waals surface area (Å²) >= 11 is 0. The van der Waals surface area contributed by atoms with Crippen molar-refractivity contribution in [2.24, 2.45) is 0 Å². The maximum Gasteiger partial charge on any atom is 0.321 e. The van der Waals surface area contributed by atoms with Crippen LogP contribution < -0.4 is 21.3 Å². The molecular weight excluding hydrogens is 737 g/mol. The van der Waals surface area contributed by atoms with Gasteiger partial charge in [0.2, 0.25) is 11.8 Å². The van der Waals surface area contributed by atoms with Gasteiger partial charge >= 0.3 is 6.03 Å². The van der Waals surface area contributed by atoms with Crippen LogP contribution in [0.3, 0.4) is 0 Å². The van der Waals surface area contributed by atoms with Crippen LogP contribution in [0.25, 0.3) is 5.65 Å². The molecule has 2 aromatic heterocycles. The van der Waals surface area contributed by atoms with Gasteiger partial charge in [-0.2, -0.15) is 9.61 Å². The summed E-state index contributed by atoms with van der Waals surface area (Å²) in [6.45, 7) is 11.2. The Balaban J connectivity index is 0.828. The van der Waals surface area contributed by atoms with Gasteiger partial charge in [0, 0.05) is 68.6 Å². The number of amides is 5. The second kappa shape index (κ2) is 18.4. The third-order valence-electron chi connectivity index (χ3n) is 11.6. The Morgan fingerprint density at radius 3 is 2.53 bits per heavy atom. The zero-order valence-electron chi connectivity index (χ0n) is 33.8. The van der Waals surface area contributed by atoms with Crippen molar-refractivity contribution in [2.45, 2.75) is 96.8 Å². The number of aliphatic hydroxyl groups excluding tert-OH is 1. The van der Waals surface area contributed by atoms with Crippen LogP contribution in [0.15, 0.2) is 54.7 Å². The number of carbonyl (C=O) groups excluding carboxylic acids is 4. The maximum absolute atomic E-state index is 13.2. The molecule has 15 nitrogen and oxygen atoms in total. The van der Waals surface area contributed by atoms with Gasteiger partial charge in [-0.05, 0) is 79.5 Å². The fraction of sp³-hybridized carbons (Fsp3) is 0.488. The average molecular weight is 793 g/mol. The Kier molecular flexibility index (Phi) is 12.9. The van der Waals surface area contributed by atoms with Crippen molar-refractivity contribution in [1.29, 1.82) is 0 Å². The molecule has 0 aliphatic carbocycles. The van der Waals surface area contributed by atoms with E-state index in [4.69, 9.17) is 4.98 Å². The number of aliphatic hydroxyl groups is 1. The molecule has 58 heavy (non-hydrogen) atoms. The first-order valence-electron chi connectivity index (χ1n) is 20.7. The van der Waals surface area contributed by atoms with E-state index in [-0.39, 0.29) is 48.7 Å². The molecule has 0 spiro atoms. The largest absolute Gasteiger partial charge is 0.394 e. The van der Waals surface area contributed by atoms with E-state index in [0.29, 0.717) is 44.0 Å². The number of aryl methyl sites for hydroxylation is 1. The molecule has 2 fully saturated rings. The highest BCUT2D eigenvalue weighted by molar-refractivity contribution is 6.05. The van der Waals surface area contributed by atoms with Crippen LogP contribution in [0.4, 0.5) is 22.1 Å². The summed E-state index contributed by atoms with van der Waals surface area (Å²) in [5.74, 6) is 0.930. The molecule has 5 N–H and O–H groups in total. The van der Waals surface area contributed by atoms with Crippen LogP contribution in [0.2, 0.25) is 0 Å². The molecule has 4 aromatic rings. The van der Waals surface area contributed by atoms with Crippen LogP contribution in [-0.4, -0.2) is 110 Å². The molecule has 5 amide bonds. The van der Waals surface area contributed by atoms with Crippen molar-refractivity contribution in [3.05, 3.63) is 82.5 Å². The smallest absolute Gasteiger partial charge is 0.321 e. The van der Waals surface area contributed by atoms with E-state index in [2.05, 4.69) is 51.2 Å². The summed E-state index contributed by atoms with van der Waals surface area (Å²) in [6, 6.07) is 14.8. The SMILES string of the molecule is CCC(CO)Nc1cc(NCc2ccc(NC(=O)N3CCN(CCCCCc4cccc5c4CN(C4CCC(=O)NC4=O)C5=O)CC3)cc2)n2ncc(C(C)C)c2n1. The Hall–Kier alpha value is -5.54. The highest BCUT2D eigenvalue weighted by atomic mass is 16.3. The Bertz CT molecular complexity index is 2110. The second-order valence-corrected chi connectivity index (χ2v) is 15.9. The number of carbonyl (C=O) groups is 4. The quantitative estimate of drug-likeness (QED) is 0.0770. The highest BCUT2D eigenvalue weighted by Crippen LogP contribution is 2.31. The topological polar surface area (TPSA) is 177 Å². The van der Waals surface area contributed by atoms with E-state index in [1.165, 1.54) is 0 Å². The lowest BCUT2D eigenvalue weighted by Crippen LogP contribution is -2.52. The minimum Gasteiger partial charge on any atom is -0.394 e. The average Bonchev–Trinajstić information content (AvgIpc) is 3.81. The lowest BCUT2D eigenvalue weighted by Gasteiger charge is -2.34. The minimum absolute atomic E-state index is 0.0195. The van der Waals surface area contributed by atoms with Crippen molar-refractivity contribution < 1.29 is 24.3 Å². The van der Waals surface area contributed by atoms with Crippen molar-refractivity contribution in [3.8, 4) is 0 Å². The first-order chi connectivity index (χ1) is 28.1. The predicted molar refractivity (Wildman–Crippen MR) is 223 cm³/mol. The molecule has 15 heteroatoms. The van der Waals surface area contributed by atoms with Gasteiger partial charge in [0.25, 0.3) is 5.91 Å². The number of unbranched alkanes of at least 4 members (excludes halogenated alkanes) is 2. The monoisotopic (exact) mass is 792 g/mol. The van der Waals surface area contributed by atoms with Gasteiger partial charge in [0.15, 0.2) is 5.65 Å². The first-order valence-corrected chi connectivity index (χ1v) is 20.7. The van der Waals surface area contributed by atoms with E-state index < -0.39 is 6.04 Å². The number of nitrogens with zero attached hydrogens (tertiary/aromatic N) is 6. The third kappa shape index (κ3) is 9.26. The summed E-state index contributed by atoms with van der Waals surface area (Å²) in [6.07, 6.45) is 7.22. The molecule has 3 aliphatic rings. The predicted octanol–water partition coefficient (Wildman–Crippen LogP) is 4.97. The number of nitrogens with one attached hydrogen (secondary N) is 4. The molecule has 2 unspecified atom stereocenters. The van der Waals surface area contributed by atoms with Gasteiger partial charge in [-0.25, -0.2) is 9.78 Å². The maximum atomic E-state index is 13.2. The number of rotatable bonds is 16. The number of anilines is 3. The molecule has 0 saturated carbocycles. The Morgan fingerprint density at radius 2 is 1.81 bits per heavy atom. The van der Waals surface area contributed by atoms with Crippen molar-refractivity contribution in [3.63, 3.8) is 0 Å². The van der Waals surface area contributed by atoms with Gasteiger partial charge in [-0.15, -0.1) is 0 Å². The van der Waals surface area contributed by atoms with Crippen LogP contribution in [0.1, 0.15) is 97.8 Å². The zero-order chi connectivity index (χ0) is 40.8. The normalized spacial score (nSPS) is 17.8. The Morgan fingerprint density at radius 1 is 1.02 bits per heavy atom. The summed E-state index contributed by atoms with van der Waals surface area (Å²) in [7, 11) is 0.